The minimum absolute atomic E-state index is 0.210. The van der Waals surface area contributed by atoms with E-state index in [0.29, 0.717) is 5.78 Å². The molecule has 0 aliphatic heterocycles. The van der Waals surface area contributed by atoms with Crippen LogP contribution in [0.3, 0.4) is 0 Å². The fourth-order valence-electron chi connectivity index (χ4n) is 2.31. The maximum absolute atomic E-state index is 12.3. The summed E-state index contributed by atoms with van der Waals surface area (Å²) in [5.41, 5.74) is 2.20. The van der Waals surface area contributed by atoms with Gasteiger partial charge in [0.25, 0.3) is 0 Å². The largest absolute Gasteiger partial charge is 0.293 e. The SMILES string of the molecule is CCCCCSC1CCc2ccccc2C1=O. The van der Waals surface area contributed by atoms with Gasteiger partial charge in [-0.2, -0.15) is 11.8 Å². The van der Waals surface area contributed by atoms with Gasteiger partial charge in [-0.15, -0.1) is 0 Å². The first-order chi connectivity index (χ1) is 8.33. The second kappa shape index (κ2) is 6.25. The fourth-order valence-corrected chi connectivity index (χ4v) is 3.52. The van der Waals surface area contributed by atoms with Crippen molar-refractivity contribution in [2.75, 3.05) is 5.75 Å². The summed E-state index contributed by atoms with van der Waals surface area (Å²) in [4.78, 5) is 12.3. The molecule has 1 aromatic carbocycles. The van der Waals surface area contributed by atoms with Crippen molar-refractivity contribution in [2.45, 2.75) is 44.3 Å². The average Bonchev–Trinajstić information content (AvgIpc) is 2.37. The topological polar surface area (TPSA) is 17.1 Å². The molecule has 1 nitrogen and oxygen atoms in total. The summed E-state index contributed by atoms with van der Waals surface area (Å²) >= 11 is 1.86. The molecule has 1 aromatic rings. The Morgan fingerprint density at radius 3 is 2.94 bits per heavy atom. The average molecular weight is 248 g/mol. The van der Waals surface area contributed by atoms with Gasteiger partial charge in [0.1, 0.15) is 0 Å². The van der Waals surface area contributed by atoms with Crippen LogP contribution < -0.4 is 0 Å². The van der Waals surface area contributed by atoms with Crippen molar-refractivity contribution in [3.63, 3.8) is 0 Å². The molecule has 0 saturated heterocycles. The van der Waals surface area contributed by atoms with Crippen molar-refractivity contribution in [2.24, 2.45) is 0 Å². The van der Waals surface area contributed by atoms with Crippen molar-refractivity contribution in [1.82, 2.24) is 0 Å². The number of thioether (sulfide) groups is 1. The summed E-state index contributed by atoms with van der Waals surface area (Å²) in [5, 5.41) is 0.210. The van der Waals surface area contributed by atoms with Gasteiger partial charge in [-0.1, -0.05) is 44.0 Å². The maximum atomic E-state index is 12.3. The second-order valence-corrected chi connectivity index (χ2v) is 5.94. The van der Waals surface area contributed by atoms with Crippen LogP contribution in [-0.4, -0.2) is 16.8 Å². The molecule has 0 aromatic heterocycles. The highest BCUT2D eigenvalue weighted by molar-refractivity contribution is 8.00. The van der Waals surface area contributed by atoms with Gasteiger partial charge < -0.3 is 0 Å². The van der Waals surface area contributed by atoms with Crippen LogP contribution in [0, 0.1) is 0 Å². The first-order valence-electron chi connectivity index (χ1n) is 6.56. The molecule has 1 unspecified atom stereocenters. The van der Waals surface area contributed by atoms with Crippen LogP contribution in [0.2, 0.25) is 0 Å². The van der Waals surface area contributed by atoms with E-state index in [2.05, 4.69) is 13.0 Å². The normalized spacial score (nSPS) is 19.1. The van der Waals surface area contributed by atoms with Crippen LogP contribution in [-0.2, 0) is 6.42 Å². The Morgan fingerprint density at radius 2 is 2.12 bits per heavy atom. The lowest BCUT2D eigenvalue weighted by molar-refractivity contribution is 0.0979. The number of carbonyl (C=O) groups is 1. The minimum atomic E-state index is 0.210. The molecule has 2 heteroatoms. The Hall–Kier alpha value is -0.760. The first-order valence-corrected chi connectivity index (χ1v) is 7.61. The molecule has 0 fully saturated rings. The zero-order chi connectivity index (χ0) is 12.1. The predicted octanol–water partition coefficient (Wildman–Crippen LogP) is 4.11. The number of hydrogen-bond donors (Lipinski definition) is 0. The van der Waals surface area contributed by atoms with Gasteiger partial charge in [0.2, 0.25) is 0 Å². The minimum Gasteiger partial charge on any atom is -0.293 e. The number of carbonyl (C=O) groups excluding carboxylic acids is 1. The molecular formula is C15H20OS. The number of fused-ring (bicyclic) bond motifs is 1. The number of hydrogen-bond acceptors (Lipinski definition) is 2. The summed E-state index contributed by atoms with van der Waals surface area (Å²) in [5.74, 6) is 1.49. The number of aryl methyl sites for hydroxylation is 1. The highest BCUT2D eigenvalue weighted by Gasteiger charge is 2.26. The van der Waals surface area contributed by atoms with E-state index < -0.39 is 0 Å². The summed E-state index contributed by atoms with van der Waals surface area (Å²) in [6.45, 7) is 2.21. The second-order valence-electron chi connectivity index (χ2n) is 4.63. The van der Waals surface area contributed by atoms with E-state index in [1.54, 1.807) is 0 Å². The van der Waals surface area contributed by atoms with Gasteiger partial charge in [-0.3, -0.25) is 4.79 Å². The van der Waals surface area contributed by atoms with E-state index in [0.717, 1.165) is 24.2 Å². The van der Waals surface area contributed by atoms with Crippen molar-refractivity contribution >= 4 is 17.5 Å². The molecule has 0 radical (unpaired) electrons. The molecule has 0 spiro atoms. The Balaban J connectivity index is 1.93. The van der Waals surface area contributed by atoms with Crippen LogP contribution in [0.4, 0.5) is 0 Å². The molecule has 1 atom stereocenters. The van der Waals surface area contributed by atoms with E-state index in [1.807, 2.05) is 30.0 Å². The molecule has 0 heterocycles. The van der Waals surface area contributed by atoms with Gasteiger partial charge in [-0.05, 0) is 30.6 Å². The first kappa shape index (κ1) is 12.7. The molecule has 0 N–H and O–H groups in total. The Morgan fingerprint density at radius 1 is 1.29 bits per heavy atom. The number of Topliss-reactive ketones (excluding diaryl/α,β-unsaturated/α-hetero) is 1. The van der Waals surface area contributed by atoms with E-state index in [9.17, 15) is 4.79 Å². The van der Waals surface area contributed by atoms with E-state index in [4.69, 9.17) is 0 Å². The van der Waals surface area contributed by atoms with Gasteiger partial charge in [0.15, 0.2) is 5.78 Å². The quantitative estimate of drug-likeness (QED) is 0.729. The van der Waals surface area contributed by atoms with Crippen LogP contribution >= 0.6 is 11.8 Å². The standard InChI is InChI=1S/C15H20OS/c1-2-3-6-11-17-14-10-9-12-7-4-5-8-13(12)15(14)16/h4-5,7-8,14H,2-3,6,9-11H2,1H3. The Kier molecular flexibility index (Phi) is 4.66. The highest BCUT2D eigenvalue weighted by Crippen LogP contribution is 2.29. The van der Waals surface area contributed by atoms with Gasteiger partial charge in [0.05, 0.1) is 5.25 Å². The van der Waals surface area contributed by atoms with E-state index in [-0.39, 0.29) is 5.25 Å². The summed E-state index contributed by atoms with van der Waals surface area (Å²) in [7, 11) is 0. The summed E-state index contributed by atoms with van der Waals surface area (Å²) in [6.07, 6.45) is 5.86. The smallest absolute Gasteiger partial charge is 0.176 e. The Bertz CT molecular complexity index is 386. The molecule has 0 saturated carbocycles. The number of benzene rings is 1. The van der Waals surface area contributed by atoms with Gasteiger partial charge in [-0.25, -0.2) is 0 Å². The lowest BCUT2D eigenvalue weighted by atomic mass is 9.90. The van der Waals surface area contributed by atoms with Gasteiger partial charge in [0, 0.05) is 5.56 Å². The van der Waals surface area contributed by atoms with Crippen LogP contribution in [0.15, 0.2) is 24.3 Å². The zero-order valence-corrected chi connectivity index (χ0v) is 11.3. The third-order valence-corrected chi connectivity index (χ3v) is 4.69. The van der Waals surface area contributed by atoms with Crippen LogP contribution in [0.25, 0.3) is 0 Å². The lowest BCUT2D eigenvalue weighted by Gasteiger charge is -2.22. The molecule has 92 valence electrons. The summed E-state index contributed by atoms with van der Waals surface area (Å²) in [6, 6.07) is 8.07. The summed E-state index contributed by atoms with van der Waals surface area (Å²) < 4.78 is 0. The fraction of sp³-hybridized carbons (Fsp3) is 0.533. The van der Waals surface area contributed by atoms with Crippen LogP contribution in [0.1, 0.15) is 48.5 Å². The zero-order valence-electron chi connectivity index (χ0n) is 10.4. The molecule has 1 aliphatic rings. The molecular weight excluding hydrogens is 228 g/mol. The molecule has 0 bridgehead atoms. The predicted molar refractivity (Wildman–Crippen MR) is 74.9 cm³/mol. The van der Waals surface area contributed by atoms with Crippen molar-refractivity contribution < 1.29 is 4.79 Å². The van der Waals surface area contributed by atoms with Gasteiger partial charge >= 0.3 is 0 Å². The number of rotatable bonds is 5. The maximum Gasteiger partial charge on any atom is 0.176 e. The van der Waals surface area contributed by atoms with Crippen molar-refractivity contribution in [3.8, 4) is 0 Å². The van der Waals surface area contributed by atoms with E-state index >= 15 is 0 Å². The third-order valence-electron chi connectivity index (χ3n) is 3.32. The highest BCUT2D eigenvalue weighted by atomic mass is 32.2. The molecule has 1 aliphatic carbocycles. The molecule has 0 amide bonds. The molecule has 2 rings (SSSR count). The van der Waals surface area contributed by atoms with Crippen molar-refractivity contribution in [1.29, 1.82) is 0 Å². The van der Waals surface area contributed by atoms with E-state index in [1.165, 1.54) is 24.8 Å². The molecule has 17 heavy (non-hydrogen) atoms. The number of unbranched alkanes of at least 4 members (excludes halogenated alkanes) is 2. The van der Waals surface area contributed by atoms with Crippen molar-refractivity contribution in [3.05, 3.63) is 35.4 Å². The van der Waals surface area contributed by atoms with Crippen LogP contribution in [0.5, 0.6) is 0 Å². The number of ketones is 1. The Labute approximate surface area is 108 Å². The third kappa shape index (κ3) is 3.12. The lowest BCUT2D eigenvalue weighted by Crippen LogP contribution is -2.25. The monoisotopic (exact) mass is 248 g/mol.